The molecule has 2 atom stereocenters. The Hall–Kier alpha value is -3.90. The molecule has 4 aromatic rings. The Bertz CT molecular complexity index is 1550. The van der Waals surface area contributed by atoms with Crippen molar-refractivity contribution in [1.29, 1.82) is 0 Å². The van der Waals surface area contributed by atoms with Crippen LogP contribution in [0.25, 0.3) is 22.3 Å². The van der Waals surface area contributed by atoms with Crippen LogP contribution in [-0.4, -0.2) is 63.3 Å². The summed E-state index contributed by atoms with van der Waals surface area (Å²) >= 11 is 0. The molecule has 7 rings (SSSR count). The van der Waals surface area contributed by atoms with Crippen molar-refractivity contribution in [3.8, 4) is 11.4 Å². The molecule has 0 bridgehead atoms. The highest BCUT2D eigenvalue weighted by atomic mass is 19.2. The molecule has 38 heavy (non-hydrogen) atoms. The molecule has 9 nitrogen and oxygen atoms in total. The van der Waals surface area contributed by atoms with Crippen molar-refractivity contribution in [2.45, 2.75) is 30.9 Å². The number of hydrogen-bond acceptors (Lipinski definition) is 9. The molecule has 194 valence electrons. The molecule has 1 aliphatic carbocycles. The van der Waals surface area contributed by atoms with E-state index >= 15 is 0 Å². The van der Waals surface area contributed by atoms with Crippen molar-refractivity contribution in [3.63, 3.8) is 0 Å². The molecule has 6 heterocycles. The van der Waals surface area contributed by atoms with E-state index in [9.17, 15) is 13.2 Å². The lowest BCUT2D eigenvalue weighted by molar-refractivity contribution is 0.0348. The highest BCUT2D eigenvalue weighted by molar-refractivity contribution is 5.94. The third-order valence-corrected chi connectivity index (χ3v) is 7.25. The summed E-state index contributed by atoms with van der Waals surface area (Å²) in [4.78, 5) is 24.2. The van der Waals surface area contributed by atoms with Gasteiger partial charge in [0.1, 0.15) is 11.6 Å². The second-order valence-corrected chi connectivity index (χ2v) is 9.74. The molecule has 2 saturated heterocycles. The number of hydrogen-bond donors (Lipinski definition) is 2. The van der Waals surface area contributed by atoms with Gasteiger partial charge in [-0.15, -0.1) is 0 Å². The van der Waals surface area contributed by atoms with Crippen LogP contribution in [0.15, 0.2) is 36.8 Å². The van der Waals surface area contributed by atoms with Gasteiger partial charge in [-0.25, -0.2) is 23.7 Å². The average molecular weight is 521 g/mol. The summed E-state index contributed by atoms with van der Waals surface area (Å²) in [5, 5.41) is 7.06. The van der Waals surface area contributed by atoms with Gasteiger partial charge in [-0.3, -0.25) is 4.98 Å². The molecule has 0 amide bonds. The number of nitrogens with one attached hydrogen (secondary N) is 2. The first-order valence-electron chi connectivity index (χ1n) is 12.5. The van der Waals surface area contributed by atoms with Gasteiger partial charge in [-0.2, -0.15) is 9.37 Å². The Morgan fingerprint density at radius 3 is 2.79 bits per heavy atom. The molecule has 12 heteroatoms. The number of anilines is 3. The van der Waals surface area contributed by atoms with Crippen LogP contribution in [-0.2, 0) is 4.74 Å². The first-order valence-corrected chi connectivity index (χ1v) is 12.5. The van der Waals surface area contributed by atoms with Crippen molar-refractivity contribution in [2.75, 3.05) is 36.5 Å². The number of fused-ring (bicyclic) bond motifs is 2. The molecular weight excluding hydrogens is 497 g/mol. The fourth-order valence-corrected chi connectivity index (χ4v) is 5.27. The zero-order valence-corrected chi connectivity index (χ0v) is 20.2. The minimum absolute atomic E-state index is 0.0821. The number of morpholine rings is 1. The Labute approximate surface area is 215 Å². The van der Waals surface area contributed by atoms with Crippen molar-refractivity contribution in [1.82, 2.24) is 30.2 Å². The molecule has 0 spiro atoms. The number of ether oxygens (including phenoxy) is 1. The van der Waals surface area contributed by atoms with Gasteiger partial charge >= 0.3 is 0 Å². The van der Waals surface area contributed by atoms with E-state index in [1.54, 1.807) is 18.3 Å². The maximum absolute atomic E-state index is 14.2. The van der Waals surface area contributed by atoms with E-state index in [0.717, 1.165) is 48.2 Å². The SMILES string of the molecule is Fc1cc(F)c(Nc2cc(-c3nc(N4CCOC5CNCC54)c4c(C5CC5)cncc4n3)ccn2)nc1F. The Kier molecular flexibility index (Phi) is 5.59. The molecule has 1 saturated carbocycles. The van der Waals surface area contributed by atoms with Crippen LogP contribution >= 0.6 is 0 Å². The number of pyridine rings is 3. The van der Waals surface area contributed by atoms with Crippen molar-refractivity contribution >= 4 is 28.4 Å². The van der Waals surface area contributed by atoms with Crippen LogP contribution < -0.4 is 15.5 Å². The maximum Gasteiger partial charge on any atom is 0.251 e. The van der Waals surface area contributed by atoms with Gasteiger partial charge in [0.25, 0.3) is 5.95 Å². The van der Waals surface area contributed by atoms with Gasteiger partial charge in [-0.1, -0.05) is 0 Å². The Morgan fingerprint density at radius 1 is 1.03 bits per heavy atom. The summed E-state index contributed by atoms with van der Waals surface area (Å²) in [6.07, 6.45) is 7.50. The number of aromatic nitrogens is 5. The third-order valence-electron chi connectivity index (χ3n) is 7.25. The summed E-state index contributed by atoms with van der Waals surface area (Å²) < 4.78 is 47.1. The molecule has 2 unspecified atom stereocenters. The van der Waals surface area contributed by atoms with Gasteiger partial charge < -0.3 is 20.3 Å². The van der Waals surface area contributed by atoms with Crippen LogP contribution in [0, 0.1) is 17.6 Å². The van der Waals surface area contributed by atoms with Crippen LogP contribution in [0.3, 0.4) is 0 Å². The monoisotopic (exact) mass is 520 g/mol. The molecule has 0 radical (unpaired) electrons. The maximum atomic E-state index is 14.2. The number of nitrogens with zero attached hydrogens (tertiary/aromatic N) is 6. The van der Waals surface area contributed by atoms with E-state index in [1.165, 1.54) is 6.20 Å². The van der Waals surface area contributed by atoms with Crippen LogP contribution in [0.4, 0.5) is 30.6 Å². The minimum Gasteiger partial charge on any atom is -0.373 e. The highest BCUT2D eigenvalue weighted by Gasteiger charge is 2.38. The second kappa shape index (κ2) is 9.14. The van der Waals surface area contributed by atoms with Gasteiger partial charge in [0.05, 0.1) is 30.5 Å². The van der Waals surface area contributed by atoms with E-state index in [4.69, 9.17) is 14.7 Å². The van der Waals surface area contributed by atoms with E-state index < -0.39 is 23.4 Å². The quantitative estimate of drug-likeness (QED) is 0.382. The summed E-state index contributed by atoms with van der Waals surface area (Å²) in [5.41, 5.74) is 2.51. The van der Waals surface area contributed by atoms with Gasteiger partial charge in [0.15, 0.2) is 23.3 Å². The predicted octanol–water partition coefficient (Wildman–Crippen LogP) is 3.70. The fourth-order valence-electron chi connectivity index (χ4n) is 5.27. The van der Waals surface area contributed by atoms with Gasteiger partial charge in [-0.05, 0) is 36.5 Å². The fraction of sp³-hybridized carbons (Fsp3) is 0.346. The predicted molar refractivity (Wildman–Crippen MR) is 134 cm³/mol. The van der Waals surface area contributed by atoms with Gasteiger partial charge in [0.2, 0.25) is 0 Å². The minimum atomic E-state index is -1.41. The molecule has 3 fully saturated rings. The standard InChI is InChI=1S/C26H23F3N8O/c27-16-8-17(28)25(35-23(16)29)34-21-7-14(3-4-32-21)24-33-18-10-30-9-15(13-1-2-13)22(18)26(36-24)37-5-6-38-20-12-31-11-19(20)37/h3-4,7-10,13,19-20,31H,1-2,5-6,11-12H2,(H,32,34,35). The van der Waals surface area contributed by atoms with Crippen molar-refractivity contribution in [3.05, 3.63) is 59.9 Å². The molecule has 2 aliphatic heterocycles. The highest BCUT2D eigenvalue weighted by Crippen LogP contribution is 2.45. The Morgan fingerprint density at radius 2 is 1.92 bits per heavy atom. The number of rotatable bonds is 5. The molecule has 3 aliphatic rings. The van der Waals surface area contributed by atoms with E-state index in [1.807, 2.05) is 6.20 Å². The summed E-state index contributed by atoms with van der Waals surface area (Å²) in [7, 11) is 0. The van der Waals surface area contributed by atoms with E-state index in [0.29, 0.717) is 36.5 Å². The molecule has 0 aromatic carbocycles. The normalized spacial score (nSPS) is 21.1. The lowest BCUT2D eigenvalue weighted by atomic mass is 10.0. The topological polar surface area (TPSA) is 101 Å². The zero-order valence-electron chi connectivity index (χ0n) is 20.2. The largest absolute Gasteiger partial charge is 0.373 e. The molecule has 4 aromatic heterocycles. The van der Waals surface area contributed by atoms with Crippen LogP contribution in [0.1, 0.15) is 24.3 Å². The van der Waals surface area contributed by atoms with Crippen LogP contribution in [0.5, 0.6) is 0 Å². The average Bonchev–Trinajstić information content (AvgIpc) is 3.66. The lowest BCUT2D eigenvalue weighted by Gasteiger charge is -2.38. The molecule has 2 N–H and O–H groups in total. The zero-order chi connectivity index (χ0) is 25.8. The third kappa shape index (κ3) is 4.09. The Balaban J connectivity index is 1.33. The van der Waals surface area contributed by atoms with Crippen LogP contribution in [0.2, 0.25) is 0 Å². The lowest BCUT2D eigenvalue weighted by Crippen LogP contribution is -2.51. The van der Waals surface area contributed by atoms with E-state index in [2.05, 4.69) is 30.5 Å². The van der Waals surface area contributed by atoms with Crippen molar-refractivity contribution < 1.29 is 17.9 Å². The van der Waals surface area contributed by atoms with E-state index in [-0.39, 0.29) is 18.0 Å². The second-order valence-electron chi connectivity index (χ2n) is 9.74. The summed E-state index contributed by atoms with van der Waals surface area (Å²) in [5.74, 6) is -2.36. The summed E-state index contributed by atoms with van der Waals surface area (Å²) in [6, 6.07) is 3.94. The molecular formula is C26H23F3N8O. The first kappa shape index (κ1) is 23.2. The van der Waals surface area contributed by atoms with Crippen molar-refractivity contribution in [2.24, 2.45) is 0 Å². The summed E-state index contributed by atoms with van der Waals surface area (Å²) in [6.45, 7) is 2.89. The first-order chi connectivity index (χ1) is 18.5. The number of halogens is 3. The van der Waals surface area contributed by atoms with Gasteiger partial charge in [0, 0.05) is 49.0 Å². The smallest absolute Gasteiger partial charge is 0.251 e.